The van der Waals surface area contributed by atoms with Crippen molar-refractivity contribution in [3.63, 3.8) is 0 Å². The van der Waals surface area contributed by atoms with Gasteiger partial charge in [0, 0.05) is 18.6 Å². The molecule has 0 saturated carbocycles. The molecule has 0 spiro atoms. The van der Waals surface area contributed by atoms with Crippen LogP contribution < -0.4 is 5.73 Å². The molecule has 0 amide bonds. The third-order valence-corrected chi connectivity index (χ3v) is 2.63. The fraction of sp³-hybridized carbons (Fsp3) is 0.455. The molecule has 1 aromatic rings. The summed E-state index contributed by atoms with van der Waals surface area (Å²) < 4.78 is 5.31. The van der Waals surface area contributed by atoms with Crippen molar-refractivity contribution in [2.24, 2.45) is 5.73 Å². The van der Waals surface area contributed by atoms with E-state index in [1.807, 2.05) is 6.07 Å². The van der Waals surface area contributed by atoms with Gasteiger partial charge in [-0.05, 0) is 12.0 Å². The van der Waals surface area contributed by atoms with E-state index in [9.17, 15) is 0 Å². The molecule has 1 aliphatic heterocycles. The summed E-state index contributed by atoms with van der Waals surface area (Å²) >= 11 is 0. The summed E-state index contributed by atoms with van der Waals surface area (Å²) in [5.41, 5.74) is 7.33. The molecule has 0 aliphatic carbocycles. The first-order chi connectivity index (χ1) is 6.38. The van der Waals surface area contributed by atoms with E-state index in [4.69, 9.17) is 10.5 Å². The van der Waals surface area contributed by atoms with Gasteiger partial charge in [0.1, 0.15) is 0 Å². The van der Waals surface area contributed by atoms with Crippen LogP contribution in [0.25, 0.3) is 0 Å². The molecule has 0 radical (unpaired) electrons. The topological polar surface area (TPSA) is 35.2 Å². The summed E-state index contributed by atoms with van der Waals surface area (Å²) in [6.07, 6.45) is 1.05. The van der Waals surface area contributed by atoms with Crippen molar-refractivity contribution in [1.82, 2.24) is 0 Å². The quantitative estimate of drug-likeness (QED) is 0.705. The lowest BCUT2D eigenvalue weighted by Crippen LogP contribution is -2.37. The second-order valence-corrected chi connectivity index (χ2v) is 3.54. The molecule has 13 heavy (non-hydrogen) atoms. The summed E-state index contributed by atoms with van der Waals surface area (Å²) in [4.78, 5) is 0. The van der Waals surface area contributed by atoms with Gasteiger partial charge in [-0.3, -0.25) is 0 Å². The Labute approximate surface area is 78.7 Å². The average Bonchev–Trinajstić information content (AvgIpc) is 2.20. The molecule has 2 N–H and O–H groups in total. The van der Waals surface area contributed by atoms with Crippen molar-refractivity contribution in [2.75, 3.05) is 13.2 Å². The maximum atomic E-state index is 5.99. The Hall–Kier alpha value is -0.860. The second-order valence-electron chi connectivity index (χ2n) is 3.54. The van der Waals surface area contributed by atoms with Gasteiger partial charge in [0.15, 0.2) is 0 Å². The number of benzene rings is 1. The van der Waals surface area contributed by atoms with Crippen LogP contribution in [0.1, 0.15) is 17.9 Å². The van der Waals surface area contributed by atoms with E-state index in [2.05, 4.69) is 24.3 Å². The van der Waals surface area contributed by atoms with E-state index in [1.165, 1.54) is 5.56 Å². The fourth-order valence-electron chi connectivity index (χ4n) is 1.87. The lowest BCUT2D eigenvalue weighted by atomic mass is 9.88. The predicted octanol–water partition coefficient (Wildman–Crippen LogP) is 1.52. The first-order valence-corrected chi connectivity index (χ1v) is 4.76. The zero-order valence-electron chi connectivity index (χ0n) is 7.65. The Balaban J connectivity index is 2.15. The van der Waals surface area contributed by atoms with Crippen LogP contribution in [0.5, 0.6) is 0 Å². The minimum Gasteiger partial charge on any atom is -0.380 e. The highest BCUT2D eigenvalue weighted by molar-refractivity contribution is 5.21. The van der Waals surface area contributed by atoms with Gasteiger partial charge in [-0.1, -0.05) is 30.3 Å². The van der Waals surface area contributed by atoms with Crippen molar-refractivity contribution < 1.29 is 4.74 Å². The minimum absolute atomic E-state index is 0.163. The molecule has 2 atom stereocenters. The number of hydrogen-bond donors (Lipinski definition) is 1. The number of ether oxygens (including phenoxy) is 1. The largest absolute Gasteiger partial charge is 0.380 e. The second kappa shape index (κ2) is 3.90. The maximum absolute atomic E-state index is 5.99. The van der Waals surface area contributed by atoms with Crippen LogP contribution >= 0.6 is 0 Å². The Morgan fingerprint density at radius 3 is 2.69 bits per heavy atom. The molecule has 1 aromatic carbocycles. The van der Waals surface area contributed by atoms with Crippen LogP contribution in [0.2, 0.25) is 0 Å². The SMILES string of the molecule is NC1COCCC1c1ccccc1. The average molecular weight is 177 g/mol. The van der Waals surface area contributed by atoms with Crippen molar-refractivity contribution in [1.29, 1.82) is 0 Å². The Kier molecular flexibility index (Phi) is 2.62. The van der Waals surface area contributed by atoms with Crippen molar-refractivity contribution in [3.05, 3.63) is 35.9 Å². The molecule has 1 fully saturated rings. The van der Waals surface area contributed by atoms with E-state index in [-0.39, 0.29) is 6.04 Å². The fourth-order valence-corrected chi connectivity index (χ4v) is 1.87. The molecular weight excluding hydrogens is 162 g/mol. The van der Waals surface area contributed by atoms with Crippen LogP contribution in [-0.2, 0) is 4.74 Å². The Bertz CT molecular complexity index is 260. The van der Waals surface area contributed by atoms with Gasteiger partial charge in [-0.2, -0.15) is 0 Å². The zero-order valence-corrected chi connectivity index (χ0v) is 7.65. The summed E-state index contributed by atoms with van der Waals surface area (Å²) in [7, 11) is 0. The first kappa shape index (κ1) is 8.73. The lowest BCUT2D eigenvalue weighted by molar-refractivity contribution is 0.0696. The van der Waals surface area contributed by atoms with E-state index in [0.717, 1.165) is 13.0 Å². The molecule has 0 aromatic heterocycles. The third kappa shape index (κ3) is 1.90. The lowest BCUT2D eigenvalue weighted by Gasteiger charge is -2.28. The number of nitrogens with two attached hydrogens (primary N) is 1. The van der Waals surface area contributed by atoms with Crippen molar-refractivity contribution >= 4 is 0 Å². The highest BCUT2D eigenvalue weighted by atomic mass is 16.5. The number of hydrogen-bond acceptors (Lipinski definition) is 2. The van der Waals surface area contributed by atoms with Gasteiger partial charge >= 0.3 is 0 Å². The van der Waals surface area contributed by atoms with Crippen LogP contribution in [0.15, 0.2) is 30.3 Å². The normalized spacial score (nSPS) is 28.7. The van der Waals surface area contributed by atoms with Crippen LogP contribution in [0.3, 0.4) is 0 Å². The molecular formula is C11H15NO. The summed E-state index contributed by atoms with van der Waals surface area (Å²) in [5, 5.41) is 0. The summed E-state index contributed by atoms with van der Waals surface area (Å²) in [5.74, 6) is 0.481. The molecule has 2 nitrogen and oxygen atoms in total. The predicted molar refractivity (Wildman–Crippen MR) is 52.6 cm³/mol. The van der Waals surface area contributed by atoms with Gasteiger partial charge in [0.25, 0.3) is 0 Å². The molecule has 1 aliphatic rings. The summed E-state index contributed by atoms with van der Waals surface area (Å²) in [6.45, 7) is 1.53. The van der Waals surface area contributed by atoms with E-state index in [1.54, 1.807) is 0 Å². The highest BCUT2D eigenvalue weighted by Crippen LogP contribution is 2.25. The third-order valence-electron chi connectivity index (χ3n) is 2.63. The molecule has 0 bridgehead atoms. The molecule has 70 valence electrons. The molecule has 2 unspecified atom stereocenters. The highest BCUT2D eigenvalue weighted by Gasteiger charge is 2.23. The molecule has 2 rings (SSSR count). The summed E-state index contributed by atoms with van der Waals surface area (Å²) in [6, 6.07) is 10.6. The monoisotopic (exact) mass is 177 g/mol. The van der Waals surface area contributed by atoms with Crippen molar-refractivity contribution in [2.45, 2.75) is 18.4 Å². The van der Waals surface area contributed by atoms with Gasteiger partial charge in [-0.25, -0.2) is 0 Å². The molecule has 2 heteroatoms. The Morgan fingerprint density at radius 2 is 2.00 bits per heavy atom. The van der Waals surface area contributed by atoms with Gasteiger partial charge in [0.2, 0.25) is 0 Å². The van der Waals surface area contributed by atoms with E-state index < -0.39 is 0 Å². The van der Waals surface area contributed by atoms with E-state index in [0.29, 0.717) is 12.5 Å². The van der Waals surface area contributed by atoms with Crippen LogP contribution in [0, 0.1) is 0 Å². The molecule has 1 heterocycles. The van der Waals surface area contributed by atoms with E-state index >= 15 is 0 Å². The van der Waals surface area contributed by atoms with Crippen LogP contribution in [-0.4, -0.2) is 19.3 Å². The van der Waals surface area contributed by atoms with Gasteiger partial charge in [0.05, 0.1) is 6.61 Å². The maximum Gasteiger partial charge on any atom is 0.0623 e. The minimum atomic E-state index is 0.163. The van der Waals surface area contributed by atoms with Crippen LogP contribution in [0.4, 0.5) is 0 Å². The van der Waals surface area contributed by atoms with Gasteiger partial charge < -0.3 is 10.5 Å². The Morgan fingerprint density at radius 1 is 1.23 bits per heavy atom. The van der Waals surface area contributed by atoms with Crippen molar-refractivity contribution in [3.8, 4) is 0 Å². The molecule has 1 saturated heterocycles. The standard InChI is InChI=1S/C11H15NO/c12-11-8-13-7-6-10(11)9-4-2-1-3-5-9/h1-5,10-11H,6-8,12H2. The number of rotatable bonds is 1. The van der Waals surface area contributed by atoms with Gasteiger partial charge in [-0.15, -0.1) is 0 Å². The first-order valence-electron chi connectivity index (χ1n) is 4.76. The zero-order chi connectivity index (χ0) is 9.10. The smallest absolute Gasteiger partial charge is 0.0623 e.